The number of esters is 1. The van der Waals surface area contributed by atoms with Gasteiger partial charge in [-0.05, 0) is 38.1 Å². The predicted octanol–water partition coefficient (Wildman–Crippen LogP) is 0.557. The fourth-order valence-corrected chi connectivity index (χ4v) is 3.63. The van der Waals surface area contributed by atoms with Crippen LogP contribution in [0.15, 0.2) is 34.1 Å². The quantitative estimate of drug-likeness (QED) is 0.662. The Morgan fingerprint density at radius 2 is 1.58 bits per heavy atom. The third kappa shape index (κ3) is 5.55. The van der Waals surface area contributed by atoms with Gasteiger partial charge >= 0.3 is 5.97 Å². The number of rotatable bonds is 8. The van der Waals surface area contributed by atoms with Crippen molar-refractivity contribution in [1.82, 2.24) is 9.03 Å². The maximum absolute atomic E-state index is 12.1. The summed E-state index contributed by atoms with van der Waals surface area (Å²) in [4.78, 5) is 11.3. The van der Waals surface area contributed by atoms with Gasteiger partial charge in [0.15, 0.2) is 0 Å². The minimum absolute atomic E-state index is 0.00744. The summed E-state index contributed by atoms with van der Waals surface area (Å²) < 4.78 is 56.3. The number of ether oxygens (including phenoxy) is 1. The average Bonchev–Trinajstić information content (AvgIpc) is 2.46. The molecule has 136 valence electrons. The Balaban J connectivity index is 2.77. The molecule has 0 aliphatic heterocycles. The van der Waals surface area contributed by atoms with E-state index in [4.69, 9.17) is 4.74 Å². The molecule has 0 saturated heterocycles. The summed E-state index contributed by atoms with van der Waals surface area (Å²) in [5, 5.41) is 0. The van der Waals surface area contributed by atoms with Gasteiger partial charge in [0.05, 0.1) is 22.3 Å². The molecule has 0 aliphatic carbocycles. The second-order valence-corrected chi connectivity index (χ2v) is 9.36. The van der Waals surface area contributed by atoms with E-state index >= 15 is 0 Å². The number of nitrogens with zero attached hydrogens (tertiary/aromatic N) is 1. The van der Waals surface area contributed by atoms with Gasteiger partial charge in [-0.2, -0.15) is 0 Å². The van der Waals surface area contributed by atoms with Crippen molar-refractivity contribution in [3.8, 4) is 0 Å². The molecule has 0 bridgehead atoms. The molecule has 1 N–H and O–H groups in total. The molecule has 0 atom stereocenters. The van der Waals surface area contributed by atoms with Crippen LogP contribution in [-0.2, 0) is 29.6 Å². The van der Waals surface area contributed by atoms with Crippen LogP contribution >= 0.6 is 0 Å². The Bertz CT molecular complexity index is 768. The maximum atomic E-state index is 12.1. The number of benzene rings is 1. The smallest absolute Gasteiger partial charge is 0.307 e. The van der Waals surface area contributed by atoms with Crippen molar-refractivity contribution in [2.75, 3.05) is 20.6 Å². The molecule has 0 aromatic heterocycles. The van der Waals surface area contributed by atoms with Crippen LogP contribution in [0.3, 0.4) is 0 Å². The lowest BCUT2D eigenvalue weighted by Gasteiger charge is -2.12. The van der Waals surface area contributed by atoms with Gasteiger partial charge in [0.1, 0.15) is 0 Å². The highest BCUT2D eigenvalue weighted by atomic mass is 32.2. The summed E-state index contributed by atoms with van der Waals surface area (Å²) in [6, 6.07) is 4.84. The van der Waals surface area contributed by atoms with Crippen LogP contribution in [0.5, 0.6) is 0 Å². The van der Waals surface area contributed by atoms with Crippen molar-refractivity contribution in [3.63, 3.8) is 0 Å². The van der Waals surface area contributed by atoms with E-state index in [1.165, 1.54) is 38.4 Å². The molecular weight excluding hydrogens is 356 g/mol. The normalized spacial score (nSPS) is 12.6. The van der Waals surface area contributed by atoms with Gasteiger partial charge < -0.3 is 4.74 Å². The SMILES string of the molecule is CC(C)OC(=O)CCNS(=O)(=O)c1ccc(S(=O)(=O)N(C)C)cc1. The minimum atomic E-state index is -3.83. The second-order valence-electron chi connectivity index (χ2n) is 5.45. The van der Waals surface area contributed by atoms with Gasteiger partial charge in [-0.15, -0.1) is 0 Å². The molecule has 0 heterocycles. The first-order valence-electron chi connectivity index (χ1n) is 7.18. The average molecular weight is 378 g/mol. The van der Waals surface area contributed by atoms with Gasteiger partial charge in [-0.1, -0.05) is 0 Å². The fraction of sp³-hybridized carbons (Fsp3) is 0.500. The van der Waals surface area contributed by atoms with E-state index in [1.54, 1.807) is 13.8 Å². The van der Waals surface area contributed by atoms with Crippen LogP contribution in [0, 0.1) is 0 Å². The van der Waals surface area contributed by atoms with Gasteiger partial charge in [0.25, 0.3) is 0 Å². The lowest BCUT2D eigenvalue weighted by Crippen LogP contribution is -2.27. The van der Waals surface area contributed by atoms with Crippen LogP contribution in [0.2, 0.25) is 0 Å². The summed E-state index contributed by atoms with van der Waals surface area (Å²) >= 11 is 0. The fourth-order valence-electron chi connectivity index (χ4n) is 1.69. The molecule has 1 aromatic rings. The molecule has 1 aromatic carbocycles. The van der Waals surface area contributed by atoms with Crippen LogP contribution in [-0.4, -0.2) is 53.9 Å². The van der Waals surface area contributed by atoms with Crippen molar-refractivity contribution in [2.45, 2.75) is 36.2 Å². The molecule has 8 nitrogen and oxygen atoms in total. The van der Waals surface area contributed by atoms with Crippen LogP contribution < -0.4 is 4.72 Å². The van der Waals surface area contributed by atoms with E-state index in [1.807, 2.05) is 0 Å². The highest BCUT2D eigenvalue weighted by Gasteiger charge is 2.19. The van der Waals surface area contributed by atoms with Crippen LogP contribution in [0.25, 0.3) is 0 Å². The number of hydrogen-bond donors (Lipinski definition) is 1. The van der Waals surface area contributed by atoms with Gasteiger partial charge in [0, 0.05) is 20.6 Å². The number of nitrogens with one attached hydrogen (secondary N) is 1. The van der Waals surface area contributed by atoms with Crippen molar-refractivity contribution in [1.29, 1.82) is 0 Å². The zero-order valence-corrected chi connectivity index (χ0v) is 15.6. The van der Waals surface area contributed by atoms with Crippen LogP contribution in [0.1, 0.15) is 20.3 Å². The van der Waals surface area contributed by atoms with Crippen molar-refractivity contribution in [3.05, 3.63) is 24.3 Å². The van der Waals surface area contributed by atoms with E-state index < -0.39 is 26.0 Å². The first-order chi connectivity index (χ1) is 11.0. The molecule has 0 saturated carbocycles. The first kappa shape index (κ1) is 20.6. The molecular formula is C14H22N2O6S2. The first-order valence-corrected chi connectivity index (χ1v) is 10.1. The topological polar surface area (TPSA) is 110 Å². The molecule has 0 spiro atoms. The number of hydrogen-bond acceptors (Lipinski definition) is 6. The van der Waals surface area contributed by atoms with E-state index in [0.717, 1.165) is 4.31 Å². The second kappa shape index (κ2) is 8.06. The van der Waals surface area contributed by atoms with Gasteiger partial charge in [-0.3, -0.25) is 4.79 Å². The minimum Gasteiger partial charge on any atom is -0.463 e. The van der Waals surface area contributed by atoms with Crippen LogP contribution in [0.4, 0.5) is 0 Å². The predicted molar refractivity (Wildman–Crippen MR) is 88.3 cm³/mol. The molecule has 24 heavy (non-hydrogen) atoms. The third-order valence-electron chi connectivity index (χ3n) is 2.90. The summed E-state index contributed by atoms with van der Waals surface area (Å²) in [7, 11) is -4.68. The Labute approximate surface area is 142 Å². The van der Waals surface area contributed by atoms with Crippen molar-refractivity contribution >= 4 is 26.0 Å². The number of carbonyl (C=O) groups excluding carboxylic acids is 1. The Hall–Kier alpha value is -1.49. The molecule has 1 rings (SSSR count). The summed E-state index contributed by atoms with van der Waals surface area (Å²) in [6.45, 7) is 3.29. The number of sulfonamides is 2. The zero-order chi connectivity index (χ0) is 18.5. The lowest BCUT2D eigenvalue weighted by atomic mass is 10.4. The summed E-state index contributed by atoms with van der Waals surface area (Å²) in [5.74, 6) is -0.500. The van der Waals surface area contributed by atoms with E-state index in [2.05, 4.69) is 4.72 Å². The molecule has 0 radical (unpaired) electrons. The van der Waals surface area contributed by atoms with E-state index in [-0.39, 0.29) is 28.9 Å². The number of carbonyl (C=O) groups is 1. The largest absolute Gasteiger partial charge is 0.463 e. The lowest BCUT2D eigenvalue weighted by molar-refractivity contribution is -0.147. The Kier molecular flexibility index (Phi) is 6.90. The summed E-state index contributed by atoms with van der Waals surface area (Å²) in [5.41, 5.74) is 0. The monoisotopic (exact) mass is 378 g/mol. The van der Waals surface area contributed by atoms with E-state index in [0.29, 0.717) is 0 Å². The zero-order valence-electron chi connectivity index (χ0n) is 14.0. The highest BCUT2D eigenvalue weighted by Crippen LogP contribution is 2.16. The van der Waals surface area contributed by atoms with Crippen molar-refractivity contribution < 1.29 is 26.4 Å². The van der Waals surface area contributed by atoms with Crippen molar-refractivity contribution in [2.24, 2.45) is 0 Å². The molecule has 0 amide bonds. The Morgan fingerprint density at radius 1 is 1.08 bits per heavy atom. The van der Waals surface area contributed by atoms with E-state index in [9.17, 15) is 21.6 Å². The Morgan fingerprint density at radius 3 is 2.04 bits per heavy atom. The van der Waals surface area contributed by atoms with Gasteiger partial charge in [0.2, 0.25) is 20.0 Å². The standard InChI is InChI=1S/C14H22N2O6S2/c1-11(2)22-14(17)9-10-15-23(18,19)12-5-7-13(8-6-12)24(20,21)16(3)4/h5-8,11,15H,9-10H2,1-4H3. The summed E-state index contributed by atoms with van der Waals surface area (Å²) in [6.07, 6.45) is -0.356. The molecule has 0 fully saturated rings. The molecule has 0 aliphatic rings. The molecule has 10 heteroatoms. The molecule has 0 unspecified atom stereocenters. The maximum Gasteiger partial charge on any atom is 0.307 e. The third-order valence-corrected chi connectivity index (χ3v) is 6.21. The van der Waals surface area contributed by atoms with Gasteiger partial charge in [-0.25, -0.2) is 25.9 Å². The highest BCUT2D eigenvalue weighted by molar-refractivity contribution is 7.89.